The summed E-state index contributed by atoms with van der Waals surface area (Å²) in [5.74, 6) is -0.911. The van der Waals surface area contributed by atoms with Crippen LogP contribution in [0.2, 0.25) is 0 Å². The molecule has 0 fully saturated rings. The Hall–Kier alpha value is -3.46. The number of hydrogen-bond donors (Lipinski definition) is 1. The maximum Gasteiger partial charge on any atom is 0.434 e. The Kier molecular flexibility index (Phi) is 5.60. The smallest absolute Gasteiger partial charge is 0.298 e. The molecule has 0 aliphatic rings. The van der Waals surface area contributed by atoms with Crippen molar-refractivity contribution < 1.29 is 18.0 Å². The Morgan fingerprint density at radius 1 is 1.10 bits per heavy atom. The van der Waals surface area contributed by atoms with E-state index in [4.69, 9.17) is 0 Å². The molecule has 0 spiro atoms. The van der Waals surface area contributed by atoms with Crippen LogP contribution in [-0.4, -0.2) is 20.7 Å². The molecule has 9 heteroatoms. The summed E-state index contributed by atoms with van der Waals surface area (Å²) in [6.45, 7) is 2.00. The standard InChI is InChI=1S/C22H17F3N4OS/c1-14-6-5-7-15(10-14)11-17-12-26-21(31-17)28-20(30)18-13-27-29(19(18)22(23,24)25)16-8-3-2-4-9-16/h2-10,12-13H,11H2,1H3,(H,26,28,30). The lowest BCUT2D eigenvalue weighted by atomic mass is 10.1. The average Bonchev–Trinajstić information content (AvgIpc) is 3.35. The van der Waals surface area contributed by atoms with Crippen LogP contribution in [0.1, 0.15) is 32.1 Å². The van der Waals surface area contributed by atoms with Gasteiger partial charge in [-0.05, 0) is 24.6 Å². The minimum Gasteiger partial charge on any atom is -0.298 e. The number of carbonyl (C=O) groups excluding carboxylic acids is 1. The van der Waals surface area contributed by atoms with Gasteiger partial charge in [0.15, 0.2) is 10.8 Å². The minimum absolute atomic E-state index is 0.212. The summed E-state index contributed by atoms with van der Waals surface area (Å²) in [5, 5.41) is 6.50. The molecule has 2 heterocycles. The van der Waals surface area contributed by atoms with E-state index in [9.17, 15) is 18.0 Å². The van der Waals surface area contributed by atoms with Gasteiger partial charge in [0, 0.05) is 17.5 Å². The molecular formula is C22H17F3N4OS. The summed E-state index contributed by atoms with van der Waals surface area (Å²) in [6.07, 6.45) is -1.61. The molecule has 0 unspecified atom stereocenters. The van der Waals surface area contributed by atoms with Gasteiger partial charge in [0.05, 0.1) is 17.4 Å². The first kappa shape index (κ1) is 20.8. The summed E-state index contributed by atoms with van der Waals surface area (Å²) in [6, 6.07) is 15.8. The molecule has 0 atom stereocenters. The number of carbonyl (C=O) groups is 1. The van der Waals surface area contributed by atoms with Crippen molar-refractivity contribution >= 4 is 22.4 Å². The van der Waals surface area contributed by atoms with Crippen molar-refractivity contribution in [3.05, 3.63) is 94.3 Å². The van der Waals surface area contributed by atoms with Gasteiger partial charge in [0.25, 0.3) is 5.91 Å². The van der Waals surface area contributed by atoms with Gasteiger partial charge in [-0.3, -0.25) is 10.1 Å². The van der Waals surface area contributed by atoms with E-state index in [1.807, 2.05) is 31.2 Å². The lowest BCUT2D eigenvalue weighted by Crippen LogP contribution is -2.20. The fraction of sp³-hybridized carbons (Fsp3) is 0.136. The Labute approximate surface area is 180 Å². The first-order valence-electron chi connectivity index (χ1n) is 9.33. The second kappa shape index (κ2) is 8.35. The van der Waals surface area contributed by atoms with E-state index >= 15 is 0 Å². The van der Waals surface area contributed by atoms with Gasteiger partial charge in [-0.1, -0.05) is 48.0 Å². The van der Waals surface area contributed by atoms with E-state index in [0.717, 1.165) is 26.9 Å². The quantitative estimate of drug-likeness (QED) is 0.444. The average molecular weight is 442 g/mol. The summed E-state index contributed by atoms with van der Waals surface area (Å²) < 4.78 is 42.0. The molecule has 5 nitrogen and oxygen atoms in total. The second-order valence-electron chi connectivity index (χ2n) is 6.90. The predicted octanol–water partition coefficient (Wildman–Crippen LogP) is 5.50. The fourth-order valence-electron chi connectivity index (χ4n) is 3.19. The number of thiazole rings is 1. The van der Waals surface area contributed by atoms with E-state index in [2.05, 4.69) is 15.4 Å². The first-order valence-corrected chi connectivity index (χ1v) is 10.1. The van der Waals surface area contributed by atoms with E-state index < -0.39 is 23.3 Å². The van der Waals surface area contributed by atoms with E-state index in [-0.39, 0.29) is 10.8 Å². The fourth-order valence-corrected chi connectivity index (χ4v) is 4.03. The van der Waals surface area contributed by atoms with Gasteiger partial charge in [0.2, 0.25) is 0 Å². The maximum absolute atomic E-state index is 13.8. The zero-order chi connectivity index (χ0) is 22.0. The zero-order valence-electron chi connectivity index (χ0n) is 16.3. The number of benzene rings is 2. The third-order valence-corrected chi connectivity index (χ3v) is 5.43. The van der Waals surface area contributed by atoms with Crippen molar-refractivity contribution in [2.24, 2.45) is 0 Å². The van der Waals surface area contributed by atoms with Gasteiger partial charge < -0.3 is 0 Å². The van der Waals surface area contributed by atoms with Gasteiger partial charge in [0.1, 0.15) is 0 Å². The zero-order valence-corrected chi connectivity index (χ0v) is 17.2. The van der Waals surface area contributed by atoms with Gasteiger partial charge in [-0.15, -0.1) is 11.3 Å². The molecular weight excluding hydrogens is 425 g/mol. The van der Waals surface area contributed by atoms with Crippen LogP contribution in [0, 0.1) is 6.92 Å². The number of para-hydroxylation sites is 1. The Bertz CT molecular complexity index is 1210. The van der Waals surface area contributed by atoms with E-state index in [1.165, 1.54) is 23.5 Å². The summed E-state index contributed by atoms with van der Waals surface area (Å²) in [7, 11) is 0. The van der Waals surface area contributed by atoms with Crippen molar-refractivity contribution in [1.82, 2.24) is 14.8 Å². The highest BCUT2D eigenvalue weighted by Gasteiger charge is 2.40. The number of rotatable bonds is 5. The SMILES string of the molecule is Cc1cccc(Cc2cnc(NC(=O)c3cnn(-c4ccccc4)c3C(F)(F)F)s2)c1. The molecule has 2 aromatic carbocycles. The second-order valence-corrected chi connectivity index (χ2v) is 8.02. The molecule has 0 bridgehead atoms. The predicted molar refractivity (Wildman–Crippen MR) is 113 cm³/mol. The Morgan fingerprint density at radius 2 is 1.87 bits per heavy atom. The van der Waals surface area contributed by atoms with Crippen LogP contribution in [0.15, 0.2) is 67.0 Å². The molecule has 1 N–H and O–H groups in total. The number of aromatic nitrogens is 3. The minimum atomic E-state index is -4.77. The van der Waals surface area contributed by atoms with Crippen molar-refractivity contribution in [3.8, 4) is 5.69 Å². The van der Waals surface area contributed by atoms with Crippen LogP contribution >= 0.6 is 11.3 Å². The molecule has 0 saturated heterocycles. The number of nitrogens with zero attached hydrogens (tertiary/aromatic N) is 3. The van der Waals surface area contributed by atoms with Crippen molar-refractivity contribution in [2.75, 3.05) is 5.32 Å². The summed E-state index contributed by atoms with van der Waals surface area (Å²) in [4.78, 5) is 17.7. The number of alkyl halides is 3. The third kappa shape index (κ3) is 4.66. The number of anilines is 1. The lowest BCUT2D eigenvalue weighted by Gasteiger charge is -2.12. The molecule has 4 aromatic rings. The molecule has 158 valence electrons. The molecule has 0 aliphatic carbocycles. The highest BCUT2D eigenvalue weighted by atomic mass is 32.1. The molecule has 1 amide bonds. The largest absolute Gasteiger partial charge is 0.434 e. The Balaban J connectivity index is 1.57. The van der Waals surface area contributed by atoms with Crippen molar-refractivity contribution in [1.29, 1.82) is 0 Å². The van der Waals surface area contributed by atoms with E-state index in [1.54, 1.807) is 24.4 Å². The van der Waals surface area contributed by atoms with Gasteiger partial charge in [-0.25, -0.2) is 9.67 Å². The molecule has 2 aromatic heterocycles. The van der Waals surface area contributed by atoms with Gasteiger partial charge in [-0.2, -0.15) is 18.3 Å². The maximum atomic E-state index is 13.8. The molecule has 31 heavy (non-hydrogen) atoms. The molecule has 0 saturated carbocycles. The highest BCUT2D eigenvalue weighted by Crippen LogP contribution is 2.34. The lowest BCUT2D eigenvalue weighted by molar-refractivity contribution is -0.143. The van der Waals surface area contributed by atoms with Gasteiger partial charge >= 0.3 is 6.18 Å². The summed E-state index contributed by atoms with van der Waals surface area (Å²) in [5.41, 5.74) is 0.735. The third-order valence-electron chi connectivity index (χ3n) is 4.52. The number of halogens is 3. The van der Waals surface area contributed by atoms with Crippen LogP contribution in [0.4, 0.5) is 18.3 Å². The number of nitrogens with one attached hydrogen (secondary N) is 1. The highest BCUT2D eigenvalue weighted by molar-refractivity contribution is 7.15. The monoisotopic (exact) mass is 442 g/mol. The topological polar surface area (TPSA) is 59.8 Å². The Morgan fingerprint density at radius 3 is 2.58 bits per heavy atom. The van der Waals surface area contributed by atoms with Crippen molar-refractivity contribution in [2.45, 2.75) is 19.5 Å². The van der Waals surface area contributed by atoms with Crippen molar-refractivity contribution in [3.63, 3.8) is 0 Å². The van der Waals surface area contributed by atoms with Crippen LogP contribution in [-0.2, 0) is 12.6 Å². The molecule has 4 rings (SSSR count). The molecule has 0 radical (unpaired) electrons. The normalized spacial score (nSPS) is 11.5. The number of hydrogen-bond acceptors (Lipinski definition) is 4. The van der Waals surface area contributed by atoms with Crippen LogP contribution in [0.3, 0.4) is 0 Å². The van der Waals surface area contributed by atoms with Crippen LogP contribution < -0.4 is 5.32 Å². The first-order chi connectivity index (χ1) is 14.8. The number of aryl methyl sites for hydroxylation is 1. The number of amides is 1. The van der Waals surface area contributed by atoms with Crippen LogP contribution in [0.5, 0.6) is 0 Å². The van der Waals surface area contributed by atoms with E-state index in [0.29, 0.717) is 6.42 Å². The summed E-state index contributed by atoms with van der Waals surface area (Å²) >= 11 is 1.22. The molecule has 0 aliphatic heterocycles. The van der Waals surface area contributed by atoms with Crippen LogP contribution in [0.25, 0.3) is 5.69 Å².